The summed E-state index contributed by atoms with van der Waals surface area (Å²) in [7, 11) is 0. The molecule has 0 aromatic carbocycles. The smallest absolute Gasteiger partial charge is 0.329 e. The van der Waals surface area contributed by atoms with E-state index in [1.807, 2.05) is 0 Å². The Morgan fingerprint density at radius 1 is 1.26 bits per heavy atom. The zero-order chi connectivity index (χ0) is 13.7. The molecule has 2 amide bonds. The van der Waals surface area contributed by atoms with Crippen molar-refractivity contribution in [1.82, 2.24) is 10.6 Å². The number of nitrogens with one attached hydrogen (secondary N) is 2. The second kappa shape index (κ2) is 6.23. The number of carboxylic acids is 1. The average Bonchev–Trinajstić information content (AvgIpc) is 3.00. The third-order valence-electron chi connectivity index (χ3n) is 4.00. The van der Waals surface area contributed by atoms with Crippen LogP contribution in [0.3, 0.4) is 0 Å². The largest absolute Gasteiger partial charge is 0.480 e. The van der Waals surface area contributed by atoms with Gasteiger partial charge in [-0.15, -0.1) is 0 Å². The minimum atomic E-state index is -1.06. The Hall–Kier alpha value is -1.30. The molecule has 6 heteroatoms. The minimum absolute atomic E-state index is 0.236. The minimum Gasteiger partial charge on any atom is -0.480 e. The van der Waals surface area contributed by atoms with E-state index in [2.05, 4.69) is 10.6 Å². The second-order valence-corrected chi connectivity index (χ2v) is 5.40. The summed E-state index contributed by atoms with van der Waals surface area (Å²) in [5.74, 6) is -0.931. The number of aliphatic carboxylic acids is 1. The lowest BCUT2D eigenvalue weighted by molar-refractivity contribution is -0.144. The summed E-state index contributed by atoms with van der Waals surface area (Å²) in [5, 5.41) is 14.6. The molecule has 19 heavy (non-hydrogen) atoms. The number of rotatable bonds is 5. The predicted molar refractivity (Wildman–Crippen MR) is 69.0 cm³/mol. The van der Waals surface area contributed by atoms with E-state index in [1.54, 1.807) is 0 Å². The fourth-order valence-electron chi connectivity index (χ4n) is 2.85. The molecule has 1 saturated heterocycles. The first kappa shape index (κ1) is 14.1. The lowest BCUT2D eigenvalue weighted by Crippen LogP contribution is -2.55. The summed E-state index contributed by atoms with van der Waals surface area (Å²) in [5.41, 5.74) is -1.06. The molecule has 1 heterocycles. The fourth-order valence-corrected chi connectivity index (χ4v) is 2.85. The molecule has 0 radical (unpaired) electrons. The molecule has 0 bridgehead atoms. The van der Waals surface area contributed by atoms with Crippen LogP contribution in [0.2, 0.25) is 0 Å². The van der Waals surface area contributed by atoms with Gasteiger partial charge in [0.25, 0.3) is 0 Å². The first-order chi connectivity index (χ1) is 9.12. The highest BCUT2D eigenvalue weighted by Crippen LogP contribution is 2.29. The molecule has 2 rings (SSSR count). The van der Waals surface area contributed by atoms with Crippen LogP contribution in [0.25, 0.3) is 0 Å². The molecular formula is C13H22N2O4. The summed E-state index contributed by atoms with van der Waals surface area (Å²) in [6.45, 7) is 1.32. The van der Waals surface area contributed by atoms with Crippen molar-refractivity contribution in [3.8, 4) is 0 Å². The van der Waals surface area contributed by atoms with Crippen molar-refractivity contribution in [2.24, 2.45) is 0 Å². The summed E-state index contributed by atoms with van der Waals surface area (Å²) in [6, 6.07) is -0.387. The summed E-state index contributed by atoms with van der Waals surface area (Å²) >= 11 is 0. The van der Waals surface area contributed by atoms with Gasteiger partial charge in [0.05, 0.1) is 6.10 Å². The first-order valence-electron chi connectivity index (χ1n) is 7.03. The van der Waals surface area contributed by atoms with Gasteiger partial charge in [0, 0.05) is 13.2 Å². The molecule has 1 unspecified atom stereocenters. The Labute approximate surface area is 112 Å². The van der Waals surface area contributed by atoms with Crippen molar-refractivity contribution in [3.63, 3.8) is 0 Å². The van der Waals surface area contributed by atoms with E-state index in [0.29, 0.717) is 19.4 Å². The van der Waals surface area contributed by atoms with E-state index in [9.17, 15) is 14.7 Å². The molecule has 0 spiro atoms. The van der Waals surface area contributed by atoms with Crippen LogP contribution in [0.15, 0.2) is 0 Å². The van der Waals surface area contributed by atoms with E-state index < -0.39 is 11.5 Å². The molecule has 1 aliphatic heterocycles. The zero-order valence-electron chi connectivity index (χ0n) is 11.1. The van der Waals surface area contributed by atoms with Gasteiger partial charge in [0.15, 0.2) is 0 Å². The molecule has 1 aliphatic carbocycles. The Morgan fingerprint density at radius 3 is 2.58 bits per heavy atom. The van der Waals surface area contributed by atoms with Gasteiger partial charge in [0.2, 0.25) is 0 Å². The SMILES string of the molecule is O=C(NCCC1CCCO1)NC1(C(=O)O)CCCC1. The first-order valence-corrected chi connectivity index (χ1v) is 7.03. The van der Waals surface area contributed by atoms with E-state index in [0.717, 1.165) is 38.7 Å². The van der Waals surface area contributed by atoms with Crippen molar-refractivity contribution < 1.29 is 19.4 Å². The van der Waals surface area contributed by atoms with E-state index in [1.165, 1.54) is 0 Å². The zero-order valence-corrected chi connectivity index (χ0v) is 11.1. The second-order valence-electron chi connectivity index (χ2n) is 5.40. The molecule has 0 aromatic rings. The Bertz CT molecular complexity index is 334. The van der Waals surface area contributed by atoms with Crippen LogP contribution in [0, 0.1) is 0 Å². The van der Waals surface area contributed by atoms with Crippen molar-refractivity contribution in [2.45, 2.75) is 56.6 Å². The summed E-state index contributed by atoms with van der Waals surface area (Å²) < 4.78 is 5.46. The van der Waals surface area contributed by atoms with E-state index in [4.69, 9.17) is 4.74 Å². The molecule has 1 atom stereocenters. The molecule has 3 N–H and O–H groups in total. The molecule has 1 saturated carbocycles. The highest BCUT2D eigenvalue weighted by atomic mass is 16.5. The van der Waals surface area contributed by atoms with Crippen LogP contribution < -0.4 is 10.6 Å². The number of carboxylic acid groups (broad SMARTS) is 1. The van der Waals surface area contributed by atoms with Gasteiger partial charge >= 0.3 is 12.0 Å². The van der Waals surface area contributed by atoms with Gasteiger partial charge < -0.3 is 20.5 Å². The van der Waals surface area contributed by atoms with Crippen LogP contribution in [0.4, 0.5) is 4.79 Å². The number of carbonyl (C=O) groups is 2. The van der Waals surface area contributed by atoms with Crippen LogP contribution in [-0.2, 0) is 9.53 Å². The van der Waals surface area contributed by atoms with Crippen molar-refractivity contribution >= 4 is 12.0 Å². The molecule has 0 aromatic heterocycles. The monoisotopic (exact) mass is 270 g/mol. The fraction of sp³-hybridized carbons (Fsp3) is 0.846. The maximum absolute atomic E-state index is 11.8. The average molecular weight is 270 g/mol. The van der Waals surface area contributed by atoms with Crippen molar-refractivity contribution in [3.05, 3.63) is 0 Å². The van der Waals surface area contributed by atoms with E-state index in [-0.39, 0.29) is 12.1 Å². The molecular weight excluding hydrogens is 248 g/mol. The topological polar surface area (TPSA) is 87.7 Å². The number of carbonyl (C=O) groups excluding carboxylic acids is 1. The number of urea groups is 1. The van der Waals surface area contributed by atoms with Crippen LogP contribution in [0.5, 0.6) is 0 Å². The number of hydrogen-bond donors (Lipinski definition) is 3. The van der Waals surface area contributed by atoms with E-state index >= 15 is 0 Å². The van der Waals surface area contributed by atoms with Crippen LogP contribution in [0.1, 0.15) is 44.9 Å². The maximum Gasteiger partial charge on any atom is 0.329 e. The molecule has 6 nitrogen and oxygen atoms in total. The Morgan fingerprint density at radius 2 is 2.00 bits per heavy atom. The van der Waals surface area contributed by atoms with Gasteiger partial charge in [0.1, 0.15) is 5.54 Å². The lowest BCUT2D eigenvalue weighted by Gasteiger charge is -2.25. The van der Waals surface area contributed by atoms with Gasteiger partial charge in [-0.05, 0) is 32.1 Å². The quantitative estimate of drug-likeness (QED) is 0.701. The number of ether oxygens (including phenoxy) is 1. The summed E-state index contributed by atoms with van der Waals surface area (Å²) in [6.07, 6.45) is 5.88. The van der Waals surface area contributed by atoms with Crippen LogP contribution in [-0.4, -0.2) is 41.9 Å². The predicted octanol–water partition coefficient (Wildman–Crippen LogP) is 1.25. The normalized spacial score (nSPS) is 25.2. The van der Waals surface area contributed by atoms with Gasteiger partial charge in [-0.2, -0.15) is 0 Å². The van der Waals surface area contributed by atoms with Gasteiger partial charge in [-0.3, -0.25) is 0 Å². The third-order valence-corrected chi connectivity index (χ3v) is 4.00. The van der Waals surface area contributed by atoms with Crippen molar-refractivity contribution in [1.29, 1.82) is 0 Å². The highest BCUT2D eigenvalue weighted by molar-refractivity contribution is 5.86. The highest BCUT2D eigenvalue weighted by Gasteiger charge is 2.42. The van der Waals surface area contributed by atoms with Gasteiger partial charge in [-0.1, -0.05) is 12.8 Å². The number of amides is 2. The van der Waals surface area contributed by atoms with Crippen LogP contribution >= 0.6 is 0 Å². The molecule has 2 fully saturated rings. The summed E-state index contributed by atoms with van der Waals surface area (Å²) in [4.78, 5) is 23.0. The van der Waals surface area contributed by atoms with Crippen molar-refractivity contribution in [2.75, 3.05) is 13.2 Å². The Kier molecular flexibility index (Phi) is 4.63. The maximum atomic E-state index is 11.8. The number of hydrogen-bond acceptors (Lipinski definition) is 3. The standard InChI is InChI=1S/C13H22N2O4/c16-11(17)13(6-1-2-7-13)15-12(18)14-8-5-10-4-3-9-19-10/h10H,1-9H2,(H,16,17)(H2,14,15,18). The Balaban J connectivity index is 1.72. The lowest BCUT2D eigenvalue weighted by atomic mass is 9.98. The molecule has 2 aliphatic rings. The third kappa shape index (κ3) is 3.59. The van der Waals surface area contributed by atoms with Gasteiger partial charge in [-0.25, -0.2) is 9.59 Å². The molecule has 108 valence electrons.